The van der Waals surface area contributed by atoms with Crippen LogP contribution in [0.3, 0.4) is 0 Å². The van der Waals surface area contributed by atoms with E-state index >= 15 is 0 Å². The SMILES string of the molecule is C=COCCCNCC1CCCCN1C(=O)OC(C)(C)C. The number of ether oxygens (including phenoxy) is 2. The number of nitrogens with zero attached hydrogens (tertiary/aromatic N) is 1. The zero-order valence-electron chi connectivity index (χ0n) is 13.7. The molecule has 1 saturated heterocycles. The zero-order chi connectivity index (χ0) is 15.7. The van der Waals surface area contributed by atoms with Gasteiger partial charge in [0.25, 0.3) is 0 Å². The number of amides is 1. The van der Waals surface area contributed by atoms with Gasteiger partial charge in [0, 0.05) is 19.1 Å². The van der Waals surface area contributed by atoms with Crippen molar-refractivity contribution in [3.63, 3.8) is 0 Å². The number of nitrogens with one attached hydrogen (secondary N) is 1. The van der Waals surface area contributed by atoms with E-state index in [2.05, 4.69) is 11.9 Å². The fourth-order valence-corrected chi connectivity index (χ4v) is 2.41. The van der Waals surface area contributed by atoms with Crippen LogP contribution < -0.4 is 5.32 Å². The van der Waals surface area contributed by atoms with Crippen molar-refractivity contribution >= 4 is 6.09 Å². The predicted molar refractivity (Wildman–Crippen MR) is 84.2 cm³/mol. The molecule has 0 bridgehead atoms. The summed E-state index contributed by atoms with van der Waals surface area (Å²) in [4.78, 5) is 14.1. The lowest BCUT2D eigenvalue weighted by Crippen LogP contribution is -2.50. The molecule has 122 valence electrons. The van der Waals surface area contributed by atoms with Crippen molar-refractivity contribution < 1.29 is 14.3 Å². The van der Waals surface area contributed by atoms with Crippen LogP contribution >= 0.6 is 0 Å². The molecule has 1 atom stereocenters. The minimum Gasteiger partial charge on any atom is -0.502 e. The molecule has 5 nitrogen and oxygen atoms in total. The van der Waals surface area contributed by atoms with Gasteiger partial charge in [0.1, 0.15) is 5.60 Å². The van der Waals surface area contributed by atoms with Gasteiger partial charge < -0.3 is 19.7 Å². The summed E-state index contributed by atoms with van der Waals surface area (Å²) in [6.45, 7) is 12.4. The van der Waals surface area contributed by atoms with E-state index in [9.17, 15) is 4.79 Å². The third kappa shape index (κ3) is 7.37. The van der Waals surface area contributed by atoms with Gasteiger partial charge in [-0.15, -0.1) is 0 Å². The smallest absolute Gasteiger partial charge is 0.410 e. The van der Waals surface area contributed by atoms with Crippen LogP contribution in [0.25, 0.3) is 0 Å². The molecule has 0 radical (unpaired) electrons. The fourth-order valence-electron chi connectivity index (χ4n) is 2.41. The van der Waals surface area contributed by atoms with Gasteiger partial charge in [0.2, 0.25) is 0 Å². The highest BCUT2D eigenvalue weighted by Crippen LogP contribution is 2.19. The van der Waals surface area contributed by atoms with E-state index < -0.39 is 5.60 Å². The average Bonchev–Trinajstić information content (AvgIpc) is 2.41. The zero-order valence-corrected chi connectivity index (χ0v) is 13.7. The lowest BCUT2D eigenvalue weighted by atomic mass is 10.0. The van der Waals surface area contributed by atoms with E-state index in [1.165, 1.54) is 12.7 Å². The number of likely N-dealkylation sites (tertiary alicyclic amines) is 1. The number of rotatable bonds is 7. The topological polar surface area (TPSA) is 50.8 Å². The van der Waals surface area contributed by atoms with Gasteiger partial charge in [0.15, 0.2) is 0 Å². The van der Waals surface area contributed by atoms with Crippen molar-refractivity contribution in [3.05, 3.63) is 12.8 Å². The van der Waals surface area contributed by atoms with Gasteiger partial charge in [-0.25, -0.2) is 4.79 Å². The standard InChI is InChI=1S/C16H30N2O3/c1-5-20-12-8-10-17-13-14-9-6-7-11-18(14)15(19)21-16(2,3)4/h5,14,17H,1,6-13H2,2-4H3. The van der Waals surface area contributed by atoms with Crippen LogP contribution in [0, 0.1) is 0 Å². The van der Waals surface area contributed by atoms with E-state index in [4.69, 9.17) is 9.47 Å². The Morgan fingerprint density at radius 2 is 2.19 bits per heavy atom. The number of hydrogen-bond donors (Lipinski definition) is 1. The van der Waals surface area contributed by atoms with E-state index in [0.29, 0.717) is 6.61 Å². The first-order chi connectivity index (χ1) is 9.94. The maximum absolute atomic E-state index is 12.2. The van der Waals surface area contributed by atoms with Crippen molar-refractivity contribution in [2.24, 2.45) is 0 Å². The number of carbonyl (C=O) groups is 1. The van der Waals surface area contributed by atoms with Gasteiger partial charge in [-0.3, -0.25) is 0 Å². The molecule has 1 rings (SSSR count). The lowest BCUT2D eigenvalue weighted by molar-refractivity contribution is 0.00994. The van der Waals surface area contributed by atoms with Gasteiger partial charge in [-0.05, 0) is 53.0 Å². The minimum absolute atomic E-state index is 0.191. The molecular weight excluding hydrogens is 268 g/mol. The Morgan fingerprint density at radius 3 is 2.86 bits per heavy atom. The van der Waals surface area contributed by atoms with E-state index in [1.807, 2.05) is 25.7 Å². The highest BCUT2D eigenvalue weighted by atomic mass is 16.6. The highest BCUT2D eigenvalue weighted by molar-refractivity contribution is 5.68. The molecule has 0 aliphatic carbocycles. The normalized spacial score (nSPS) is 19.2. The first-order valence-corrected chi connectivity index (χ1v) is 7.87. The van der Waals surface area contributed by atoms with Crippen molar-refractivity contribution in [2.45, 2.75) is 58.1 Å². The minimum atomic E-state index is -0.436. The molecule has 1 amide bonds. The van der Waals surface area contributed by atoms with Crippen LogP contribution in [0.1, 0.15) is 46.5 Å². The summed E-state index contributed by atoms with van der Waals surface area (Å²) < 4.78 is 10.6. The highest BCUT2D eigenvalue weighted by Gasteiger charge is 2.29. The van der Waals surface area contributed by atoms with Crippen LogP contribution in [0.2, 0.25) is 0 Å². The fraction of sp³-hybridized carbons (Fsp3) is 0.812. The molecule has 0 aromatic heterocycles. The van der Waals surface area contributed by atoms with Crippen LogP contribution in [-0.2, 0) is 9.47 Å². The molecule has 1 aliphatic rings. The Morgan fingerprint density at radius 1 is 1.43 bits per heavy atom. The van der Waals surface area contributed by atoms with Gasteiger partial charge in [0.05, 0.1) is 12.9 Å². The Bertz CT molecular complexity index is 326. The van der Waals surface area contributed by atoms with E-state index in [1.54, 1.807) is 0 Å². The van der Waals surface area contributed by atoms with Crippen molar-refractivity contribution in [3.8, 4) is 0 Å². The first-order valence-electron chi connectivity index (χ1n) is 7.87. The van der Waals surface area contributed by atoms with Gasteiger partial charge in [-0.1, -0.05) is 6.58 Å². The largest absolute Gasteiger partial charge is 0.502 e. The predicted octanol–water partition coefficient (Wildman–Crippen LogP) is 2.92. The van der Waals surface area contributed by atoms with Gasteiger partial charge >= 0.3 is 6.09 Å². The average molecular weight is 298 g/mol. The quantitative estimate of drug-likeness (QED) is 0.580. The summed E-state index contributed by atoms with van der Waals surface area (Å²) in [5.41, 5.74) is -0.436. The molecule has 0 aromatic carbocycles. The molecule has 0 aromatic rings. The first kappa shape index (κ1) is 17.8. The van der Waals surface area contributed by atoms with Gasteiger partial charge in [-0.2, -0.15) is 0 Å². The van der Waals surface area contributed by atoms with Crippen LogP contribution in [0.15, 0.2) is 12.8 Å². The molecule has 1 fully saturated rings. The molecule has 1 N–H and O–H groups in total. The van der Waals surface area contributed by atoms with Crippen molar-refractivity contribution in [2.75, 3.05) is 26.2 Å². The summed E-state index contributed by atoms with van der Waals surface area (Å²) in [5, 5.41) is 3.40. The van der Waals surface area contributed by atoms with Crippen LogP contribution in [-0.4, -0.2) is 48.9 Å². The monoisotopic (exact) mass is 298 g/mol. The molecule has 1 heterocycles. The summed E-state index contributed by atoms with van der Waals surface area (Å²) >= 11 is 0. The third-order valence-electron chi connectivity index (χ3n) is 3.37. The number of hydrogen-bond acceptors (Lipinski definition) is 4. The summed E-state index contributed by atoms with van der Waals surface area (Å²) in [6.07, 6.45) is 5.48. The third-order valence-corrected chi connectivity index (χ3v) is 3.37. The van der Waals surface area contributed by atoms with E-state index in [-0.39, 0.29) is 12.1 Å². The summed E-state index contributed by atoms with van der Waals surface area (Å²) in [6, 6.07) is 0.230. The Hall–Kier alpha value is -1.23. The molecule has 21 heavy (non-hydrogen) atoms. The maximum atomic E-state index is 12.2. The molecule has 5 heteroatoms. The number of piperidine rings is 1. The van der Waals surface area contributed by atoms with Crippen molar-refractivity contribution in [1.29, 1.82) is 0 Å². The second kappa shape index (κ2) is 8.93. The van der Waals surface area contributed by atoms with Crippen LogP contribution in [0.4, 0.5) is 4.79 Å². The summed E-state index contributed by atoms with van der Waals surface area (Å²) in [5.74, 6) is 0. The number of carbonyl (C=O) groups excluding carboxylic acids is 1. The molecule has 0 spiro atoms. The summed E-state index contributed by atoms with van der Waals surface area (Å²) in [7, 11) is 0. The Balaban J connectivity index is 2.35. The Kier molecular flexibility index (Phi) is 7.57. The molecule has 1 aliphatic heterocycles. The molecule has 0 saturated carbocycles. The Labute approximate surface area is 128 Å². The lowest BCUT2D eigenvalue weighted by Gasteiger charge is -2.37. The second-order valence-corrected chi connectivity index (χ2v) is 6.42. The second-order valence-electron chi connectivity index (χ2n) is 6.42. The maximum Gasteiger partial charge on any atom is 0.410 e. The van der Waals surface area contributed by atoms with Crippen molar-refractivity contribution in [1.82, 2.24) is 10.2 Å². The van der Waals surface area contributed by atoms with Crippen LogP contribution in [0.5, 0.6) is 0 Å². The van der Waals surface area contributed by atoms with E-state index in [0.717, 1.165) is 38.9 Å². The molecule has 1 unspecified atom stereocenters. The molecular formula is C16H30N2O3.